The number of nitrogens with two attached hydrogens (primary N) is 1. The minimum absolute atomic E-state index is 0.262. The number of hydrogen-bond acceptors (Lipinski definition) is 2. The predicted octanol–water partition coefficient (Wildman–Crippen LogP) is 4.40. The molecule has 94 valence electrons. The second kappa shape index (κ2) is 5.59. The first kappa shape index (κ1) is 13.2. The molecule has 0 saturated carbocycles. The van der Waals surface area contributed by atoms with Gasteiger partial charge in [-0.05, 0) is 39.7 Å². The van der Waals surface area contributed by atoms with Crippen LogP contribution in [-0.2, 0) is 6.61 Å². The zero-order valence-electron chi connectivity index (χ0n) is 9.29. The third-order valence-electron chi connectivity index (χ3n) is 2.34. The highest BCUT2D eigenvalue weighted by Crippen LogP contribution is 2.29. The monoisotopic (exact) mass is 329 g/mol. The van der Waals surface area contributed by atoms with Crippen molar-refractivity contribution >= 4 is 33.2 Å². The summed E-state index contributed by atoms with van der Waals surface area (Å²) in [5.41, 5.74) is 6.85. The van der Waals surface area contributed by atoms with Crippen LogP contribution in [0.1, 0.15) is 5.56 Å². The first-order valence-corrected chi connectivity index (χ1v) is 6.35. The second-order valence-electron chi connectivity index (χ2n) is 3.72. The number of rotatable bonds is 3. The molecule has 2 rings (SSSR count). The Labute approximate surface area is 118 Å². The number of benzene rings is 2. The van der Waals surface area contributed by atoms with Crippen molar-refractivity contribution in [2.75, 3.05) is 5.73 Å². The average Bonchev–Trinajstić information content (AvgIpc) is 2.32. The van der Waals surface area contributed by atoms with Crippen LogP contribution in [0.5, 0.6) is 5.75 Å². The van der Waals surface area contributed by atoms with E-state index in [1.807, 2.05) is 12.1 Å². The smallest absolute Gasteiger partial charge is 0.144 e. The lowest BCUT2D eigenvalue weighted by atomic mass is 10.2. The van der Waals surface area contributed by atoms with Crippen molar-refractivity contribution in [3.8, 4) is 5.75 Å². The molecular weight excluding hydrogens is 321 g/mol. The Kier molecular flexibility index (Phi) is 4.09. The summed E-state index contributed by atoms with van der Waals surface area (Å²) in [7, 11) is 0. The van der Waals surface area contributed by atoms with E-state index in [4.69, 9.17) is 22.1 Å². The largest absolute Gasteiger partial charge is 0.487 e. The van der Waals surface area contributed by atoms with Crippen molar-refractivity contribution < 1.29 is 9.13 Å². The topological polar surface area (TPSA) is 35.2 Å². The minimum Gasteiger partial charge on any atom is -0.487 e. The maximum Gasteiger partial charge on any atom is 0.144 e. The van der Waals surface area contributed by atoms with Gasteiger partial charge in [0.05, 0.1) is 10.2 Å². The molecule has 2 nitrogen and oxygen atoms in total. The van der Waals surface area contributed by atoms with Gasteiger partial charge in [-0.3, -0.25) is 0 Å². The Morgan fingerprint density at radius 1 is 1.28 bits per heavy atom. The van der Waals surface area contributed by atoms with Gasteiger partial charge in [-0.25, -0.2) is 4.39 Å². The molecule has 2 aromatic rings. The summed E-state index contributed by atoms with van der Waals surface area (Å²) in [6, 6.07) is 10.0. The summed E-state index contributed by atoms with van der Waals surface area (Å²) >= 11 is 8.95. The van der Waals surface area contributed by atoms with E-state index < -0.39 is 5.82 Å². The van der Waals surface area contributed by atoms with Crippen molar-refractivity contribution in [1.82, 2.24) is 0 Å². The standard InChI is InChI=1S/C13H10BrClFNO/c14-10-5-13(12(17)6-11(10)16)18-7-8-2-1-3-9(15)4-8/h1-6H,7,17H2. The zero-order valence-corrected chi connectivity index (χ0v) is 11.6. The number of nitrogen functional groups attached to an aromatic ring is 1. The fraction of sp³-hybridized carbons (Fsp3) is 0.0769. The van der Waals surface area contributed by atoms with Crippen molar-refractivity contribution in [2.45, 2.75) is 6.61 Å². The maximum absolute atomic E-state index is 13.2. The van der Waals surface area contributed by atoms with Gasteiger partial charge in [0.1, 0.15) is 18.2 Å². The molecule has 0 fully saturated rings. The summed E-state index contributed by atoms with van der Waals surface area (Å²) in [5.74, 6) is 0.0193. The van der Waals surface area contributed by atoms with Crippen LogP contribution in [0.25, 0.3) is 0 Å². The van der Waals surface area contributed by atoms with Crippen LogP contribution in [-0.4, -0.2) is 0 Å². The molecule has 2 aromatic carbocycles. The number of halogens is 3. The molecule has 5 heteroatoms. The molecule has 0 aliphatic rings. The first-order valence-electron chi connectivity index (χ1n) is 5.18. The fourth-order valence-corrected chi connectivity index (χ4v) is 1.99. The Bertz CT molecular complexity index is 577. The maximum atomic E-state index is 13.2. The molecule has 0 unspecified atom stereocenters. The van der Waals surface area contributed by atoms with E-state index in [0.29, 0.717) is 21.9 Å². The molecule has 0 bridgehead atoms. The highest BCUT2D eigenvalue weighted by Gasteiger charge is 2.07. The van der Waals surface area contributed by atoms with Crippen molar-refractivity contribution in [1.29, 1.82) is 0 Å². The van der Waals surface area contributed by atoms with E-state index in [1.54, 1.807) is 12.1 Å². The molecule has 0 aliphatic carbocycles. The molecule has 0 radical (unpaired) electrons. The quantitative estimate of drug-likeness (QED) is 0.846. The lowest BCUT2D eigenvalue weighted by Gasteiger charge is -2.10. The number of anilines is 1. The van der Waals surface area contributed by atoms with Gasteiger partial charge in [-0.15, -0.1) is 0 Å². The Hall–Kier alpha value is -1.26. The predicted molar refractivity (Wildman–Crippen MR) is 74.3 cm³/mol. The van der Waals surface area contributed by atoms with Crippen LogP contribution in [0.4, 0.5) is 10.1 Å². The summed E-state index contributed by atoms with van der Waals surface area (Å²) in [6.07, 6.45) is 0. The fourth-order valence-electron chi connectivity index (χ4n) is 1.46. The molecule has 18 heavy (non-hydrogen) atoms. The zero-order chi connectivity index (χ0) is 13.1. The van der Waals surface area contributed by atoms with Gasteiger partial charge in [0.2, 0.25) is 0 Å². The van der Waals surface area contributed by atoms with Gasteiger partial charge in [-0.1, -0.05) is 23.7 Å². The first-order chi connectivity index (χ1) is 8.56. The second-order valence-corrected chi connectivity index (χ2v) is 5.01. The van der Waals surface area contributed by atoms with Crippen LogP contribution < -0.4 is 10.5 Å². The van der Waals surface area contributed by atoms with Crippen molar-refractivity contribution in [3.05, 3.63) is 57.3 Å². The lowest BCUT2D eigenvalue weighted by Crippen LogP contribution is -1.99. The van der Waals surface area contributed by atoms with Crippen LogP contribution in [0.3, 0.4) is 0 Å². The highest BCUT2D eigenvalue weighted by molar-refractivity contribution is 9.10. The minimum atomic E-state index is -0.414. The van der Waals surface area contributed by atoms with Crippen LogP contribution in [0, 0.1) is 5.82 Å². The van der Waals surface area contributed by atoms with Crippen LogP contribution in [0.2, 0.25) is 5.02 Å². The summed E-state index contributed by atoms with van der Waals surface area (Å²) in [4.78, 5) is 0. The van der Waals surface area contributed by atoms with Crippen molar-refractivity contribution in [2.24, 2.45) is 0 Å². The molecule has 0 heterocycles. The van der Waals surface area contributed by atoms with Gasteiger partial charge in [0.25, 0.3) is 0 Å². The summed E-state index contributed by atoms with van der Waals surface area (Å²) in [5, 5.41) is 0.643. The molecular formula is C13H10BrClFNO. The Balaban J connectivity index is 2.13. The summed E-state index contributed by atoms with van der Waals surface area (Å²) < 4.78 is 19.0. The van der Waals surface area contributed by atoms with Gasteiger partial charge in [-0.2, -0.15) is 0 Å². The molecule has 0 atom stereocenters. The van der Waals surface area contributed by atoms with E-state index in [9.17, 15) is 4.39 Å². The van der Waals surface area contributed by atoms with Gasteiger partial charge in [0, 0.05) is 11.1 Å². The normalized spacial score (nSPS) is 10.4. The van der Waals surface area contributed by atoms with Crippen LogP contribution >= 0.6 is 27.5 Å². The lowest BCUT2D eigenvalue weighted by molar-refractivity contribution is 0.307. The summed E-state index contributed by atoms with van der Waals surface area (Å²) in [6.45, 7) is 0.322. The third kappa shape index (κ3) is 3.15. The highest BCUT2D eigenvalue weighted by atomic mass is 79.9. The molecule has 0 aliphatic heterocycles. The van der Waals surface area contributed by atoms with E-state index >= 15 is 0 Å². The van der Waals surface area contributed by atoms with Gasteiger partial charge >= 0.3 is 0 Å². The molecule has 0 amide bonds. The number of hydrogen-bond donors (Lipinski definition) is 1. The number of ether oxygens (including phenoxy) is 1. The third-order valence-corrected chi connectivity index (χ3v) is 3.18. The van der Waals surface area contributed by atoms with E-state index in [1.165, 1.54) is 12.1 Å². The molecule has 0 spiro atoms. The van der Waals surface area contributed by atoms with E-state index in [2.05, 4.69) is 15.9 Å². The van der Waals surface area contributed by atoms with Gasteiger partial charge < -0.3 is 10.5 Å². The van der Waals surface area contributed by atoms with Crippen LogP contribution in [0.15, 0.2) is 40.9 Å². The van der Waals surface area contributed by atoms with Crippen molar-refractivity contribution in [3.63, 3.8) is 0 Å². The van der Waals surface area contributed by atoms with E-state index in [0.717, 1.165) is 5.56 Å². The molecule has 0 saturated heterocycles. The van der Waals surface area contributed by atoms with Gasteiger partial charge in [0.15, 0.2) is 0 Å². The Morgan fingerprint density at radius 2 is 2.06 bits per heavy atom. The average molecular weight is 331 g/mol. The Morgan fingerprint density at radius 3 is 2.78 bits per heavy atom. The molecule has 2 N–H and O–H groups in total. The van der Waals surface area contributed by atoms with E-state index in [-0.39, 0.29) is 5.69 Å². The SMILES string of the molecule is Nc1cc(F)c(Br)cc1OCc1cccc(Cl)c1. The molecule has 0 aromatic heterocycles.